The Hall–Kier alpha value is -0.0900. The minimum absolute atomic E-state index is 0.177. The molecule has 1 aliphatic rings. The molecule has 0 aromatic heterocycles. The van der Waals surface area contributed by atoms with E-state index in [2.05, 4.69) is 34.7 Å². The second-order valence-corrected chi connectivity index (χ2v) is 6.06. The van der Waals surface area contributed by atoms with Crippen molar-refractivity contribution in [1.82, 2.24) is 4.90 Å². The van der Waals surface area contributed by atoms with Crippen molar-refractivity contribution in [1.29, 1.82) is 0 Å². The lowest BCUT2D eigenvalue weighted by Crippen LogP contribution is -2.42. The van der Waals surface area contributed by atoms with Gasteiger partial charge in [0.15, 0.2) is 0 Å². The van der Waals surface area contributed by atoms with E-state index in [9.17, 15) is 4.79 Å². The molecule has 0 radical (unpaired) electrons. The molecule has 1 rings (SSSR count). The van der Waals surface area contributed by atoms with E-state index >= 15 is 0 Å². The van der Waals surface area contributed by atoms with Crippen LogP contribution in [-0.2, 0) is 9.53 Å². The number of esters is 1. The Morgan fingerprint density at radius 1 is 1.50 bits per heavy atom. The Kier molecular flexibility index (Phi) is 5.25. The largest absolute Gasteiger partial charge is 0.468 e. The Morgan fingerprint density at radius 3 is 2.50 bits per heavy atom. The van der Waals surface area contributed by atoms with Crippen molar-refractivity contribution in [2.75, 3.05) is 26.7 Å². The third kappa shape index (κ3) is 3.74. The van der Waals surface area contributed by atoms with Crippen molar-refractivity contribution < 1.29 is 9.53 Å². The van der Waals surface area contributed by atoms with Gasteiger partial charge in [0.1, 0.15) is 4.83 Å². The first kappa shape index (κ1) is 14.0. The van der Waals surface area contributed by atoms with Gasteiger partial charge in [-0.1, -0.05) is 36.2 Å². The number of piperidine rings is 1. The first-order valence-electron chi connectivity index (χ1n) is 5.95. The van der Waals surface area contributed by atoms with Crippen LogP contribution >= 0.6 is 15.9 Å². The molecule has 0 aromatic carbocycles. The van der Waals surface area contributed by atoms with E-state index in [4.69, 9.17) is 4.74 Å². The van der Waals surface area contributed by atoms with Crippen LogP contribution < -0.4 is 0 Å². The number of rotatable bonds is 4. The van der Waals surface area contributed by atoms with E-state index in [0.29, 0.717) is 5.41 Å². The molecule has 1 atom stereocenters. The molecule has 0 spiro atoms. The summed E-state index contributed by atoms with van der Waals surface area (Å²) in [6.45, 7) is 7.55. The minimum Gasteiger partial charge on any atom is -0.468 e. The van der Waals surface area contributed by atoms with Crippen molar-refractivity contribution in [3.8, 4) is 0 Å². The summed E-state index contributed by atoms with van der Waals surface area (Å²) in [5, 5.41) is 0. The Labute approximate surface area is 107 Å². The lowest BCUT2D eigenvalue weighted by atomic mass is 9.78. The molecular formula is C12H22BrNO2. The van der Waals surface area contributed by atoms with E-state index in [-0.39, 0.29) is 10.8 Å². The first-order valence-corrected chi connectivity index (χ1v) is 6.86. The van der Waals surface area contributed by atoms with Crippen molar-refractivity contribution in [2.24, 2.45) is 5.41 Å². The highest BCUT2D eigenvalue weighted by Crippen LogP contribution is 2.34. The van der Waals surface area contributed by atoms with Gasteiger partial charge in [-0.05, 0) is 31.3 Å². The Balaban J connectivity index is 2.35. The predicted molar refractivity (Wildman–Crippen MR) is 68.8 cm³/mol. The molecule has 4 heteroatoms. The fraction of sp³-hybridized carbons (Fsp3) is 0.917. The molecule has 1 saturated heterocycles. The second-order valence-electron chi connectivity index (χ2n) is 4.96. The predicted octanol–water partition coefficient (Wildman–Crippen LogP) is 2.44. The van der Waals surface area contributed by atoms with Gasteiger partial charge in [-0.3, -0.25) is 4.79 Å². The van der Waals surface area contributed by atoms with Gasteiger partial charge in [0.25, 0.3) is 0 Å². The van der Waals surface area contributed by atoms with E-state index in [1.807, 2.05) is 0 Å². The van der Waals surface area contributed by atoms with Gasteiger partial charge in [-0.25, -0.2) is 0 Å². The van der Waals surface area contributed by atoms with Gasteiger partial charge in [-0.15, -0.1) is 0 Å². The number of halogens is 1. The molecule has 0 saturated carbocycles. The molecule has 0 aromatic rings. The average molecular weight is 292 g/mol. The zero-order chi connectivity index (χ0) is 12.2. The maximum absolute atomic E-state index is 11.3. The van der Waals surface area contributed by atoms with Crippen LogP contribution in [0.4, 0.5) is 0 Å². The van der Waals surface area contributed by atoms with Gasteiger partial charge in [0, 0.05) is 6.54 Å². The summed E-state index contributed by atoms with van der Waals surface area (Å²) in [6.07, 6.45) is 3.70. The van der Waals surface area contributed by atoms with Crippen LogP contribution in [-0.4, -0.2) is 42.4 Å². The van der Waals surface area contributed by atoms with Crippen molar-refractivity contribution in [3.63, 3.8) is 0 Å². The zero-order valence-electron chi connectivity index (χ0n) is 10.5. The molecule has 16 heavy (non-hydrogen) atoms. The first-order chi connectivity index (χ1) is 7.50. The van der Waals surface area contributed by atoms with Crippen LogP contribution in [0.1, 0.15) is 33.1 Å². The van der Waals surface area contributed by atoms with Gasteiger partial charge in [0.2, 0.25) is 0 Å². The lowest BCUT2D eigenvalue weighted by Gasteiger charge is -2.39. The van der Waals surface area contributed by atoms with Crippen molar-refractivity contribution >= 4 is 21.9 Å². The third-order valence-corrected chi connectivity index (χ3v) is 4.46. The van der Waals surface area contributed by atoms with Crippen LogP contribution in [0.2, 0.25) is 0 Å². The summed E-state index contributed by atoms with van der Waals surface area (Å²) < 4.78 is 4.70. The fourth-order valence-corrected chi connectivity index (χ4v) is 2.65. The van der Waals surface area contributed by atoms with Crippen LogP contribution in [0.15, 0.2) is 0 Å². The normalized spacial score (nSPS) is 22.8. The van der Waals surface area contributed by atoms with Gasteiger partial charge in [0.05, 0.1) is 7.11 Å². The quantitative estimate of drug-likeness (QED) is 0.589. The Bertz CT molecular complexity index is 237. The van der Waals surface area contributed by atoms with Crippen LogP contribution in [0.25, 0.3) is 0 Å². The molecule has 3 nitrogen and oxygen atoms in total. The Morgan fingerprint density at radius 2 is 2.06 bits per heavy atom. The highest BCUT2D eigenvalue weighted by molar-refractivity contribution is 9.10. The van der Waals surface area contributed by atoms with Gasteiger partial charge < -0.3 is 9.64 Å². The smallest absolute Gasteiger partial charge is 0.320 e. The highest BCUT2D eigenvalue weighted by atomic mass is 79.9. The summed E-state index contributed by atoms with van der Waals surface area (Å²) in [5.41, 5.74) is 0.504. The summed E-state index contributed by atoms with van der Waals surface area (Å²) in [6, 6.07) is 0. The minimum atomic E-state index is -0.191. The summed E-state index contributed by atoms with van der Waals surface area (Å²) >= 11 is 3.37. The van der Waals surface area contributed by atoms with Gasteiger partial charge in [-0.2, -0.15) is 0 Å². The fourth-order valence-electron chi connectivity index (χ4n) is 2.06. The molecule has 1 fully saturated rings. The molecule has 1 unspecified atom stereocenters. The molecular weight excluding hydrogens is 270 g/mol. The number of ether oxygens (including phenoxy) is 1. The maximum Gasteiger partial charge on any atom is 0.320 e. The molecule has 94 valence electrons. The zero-order valence-corrected chi connectivity index (χ0v) is 12.0. The number of nitrogens with zero attached hydrogens (tertiary/aromatic N) is 1. The second kappa shape index (κ2) is 6.01. The average Bonchev–Trinajstić information content (AvgIpc) is 2.31. The van der Waals surface area contributed by atoms with Crippen molar-refractivity contribution in [2.45, 2.75) is 37.9 Å². The van der Waals surface area contributed by atoms with Crippen LogP contribution in [0, 0.1) is 5.41 Å². The summed E-state index contributed by atoms with van der Waals surface area (Å²) in [7, 11) is 1.43. The topological polar surface area (TPSA) is 29.5 Å². The van der Waals surface area contributed by atoms with E-state index in [1.165, 1.54) is 26.4 Å². The van der Waals surface area contributed by atoms with Crippen LogP contribution in [0.5, 0.6) is 0 Å². The number of carbonyl (C=O) groups is 1. The van der Waals surface area contributed by atoms with Crippen molar-refractivity contribution in [3.05, 3.63) is 0 Å². The lowest BCUT2D eigenvalue weighted by molar-refractivity contribution is -0.140. The SMILES string of the molecule is CCC1(C)CCN(CC(Br)C(=O)OC)CC1. The summed E-state index contributed by atoms with van der Waals surface area (Å²) in [4.78, 5) is 13.4. The standard InChI is InChI=1S/C12H22BrNO2/c1-4-12(2)5-7-14(8-6-12)9-10(13)11(15)16-3/h10H,4-9H2,1-3H3. The number of likely N-dealkylation sites (tertiary alicyclic amines) is 1. The van der Waals surface area contributed by atoms with E-state index < -0.39 is 0 Å². The van der Waals surface area contributed by atoms with E-state index in [1.54, 1.807) is 0 Å². The number of hydrogen-bond acceptors (Lipinski definition) is 3. The third-order valence-electron chi connectivity index (χ3n) is 3.79. The van der Waals surface area contributed by atoms with E-state index in [0.717, 1.165) is 19.6 Å². The monoisotopic (exact) mass is 291 g/mol. The number of alkyl halides is 1. The molecule has 1 aliphatic heterocycles. The van der Waals surface area contributed by atoms with Gasteiger partial charge >= 0.3 is 5.97 Å². The highest BCUT2D eigenvalue weighted by Gasteiger charge is 2.29. The molecule has 0 aliphatic carbocycles. The maximum atomic E-state index is 11.3. The molecule has 0 bridgehead atoms. The van der Waals surface area contributed by atoms with Crippen LogP contribution in [0.3, 0.4) is 0 Å². The number of methoxy groups -OCH3 is 1. The number of hydrogen-bond donors (Lipinski definition) is 0. The molecule has 1 heterocycles. The molecule has 0 N–H and O–H groups in total. The summed E-state index contributed by atoms with van der Waals surface area (Å²) in [5.74, 6) is -0.177. The molecule has 0 amide bonds. The number of carbonyl (C=O) groups excluding carboxylic acids is 1.